The van der Waals surface area contributed by atoms with Crippen LogP contribution in [0.4, 0.5) is 0 Å². The first-order valence-corrected chi connectivity index (χ1v) is 7.65. The lowest BCUT2D eigenvalue weighted by Crippen LogP contribution is -2.45. The van der Waals surface area contributed by atoms with Gasteiger partial charge in [-0.3, -0.25) is 4.90 Å². The average molecular weight is 256 g/mol. The number of ether oxygens (including phenoxy) is 1. The Balaban J connectivity index is 2.23. The molecule has 3 heteroatoms. The van der Waals surface area contributed by atoms with E-state index < -0.39 is 0 Å². The summed E-state index contributed by atoms with van der Waals surface area (Å²) >= 11 is 0. The Morgan fingerprint density at radius 1 is 1.22 bits per heavy atom. The van der Waals surface area contributed by atoms with Crippen molar-refractivity contribution in [3.05, 3.63) is 0 Å². The molecule has 1 saturated heterocycles. The van der Waals surface area contributed by atoms with Crippen molar-refractivity contribution < 1.29 is 4.74 Å². The van der Waals surface area contributed by atoms with E-state index in [2.05, 4.69) is 44.8 Å². The van der Waals surface area contributed by atoms with E-state index in [1.54, 1.807) is 0 Å². The Morgan fingerprint density at radius 2 is 1.89 bits per heavy atom. The molecule has 1 heterocycles. The SMILES string of the molecule is CCC1CC(NCCN(C(C)C)C(C)C)CCO1. The molecule has 0 aliphatic carbocycles. The summed E-state index contributed by atoms with van der Waals surface area (Å²) in [5.74, 6) is 0. The van der Waals surface area contributed by atoms with Gasteiger partial charge in [0.15, 0.2) is 0 Å². The van der Waals surface area contributed by atoms with Crippen LogP contribution in [0.25, 0.3) is 0 Å². The van der Waals surface area contributed by atoms with Gasteiger partial charge in [-0.15, -0.1) is 0 Å². The van der Waals surface area contributed by atoms with Gasteiger partial charge in [0, 0.05) is 37.8 Å². The van der Waals surface area contributed by atoms with Crippen molar-refractivity contribution in [1.82, 2.24) is 10.2 Å². The van der Waals surface area contributed by atoms with Gasteiger partial charge < -0.3 is 10.1 Å². The van der Waals surface area contributed by atoms with Crippen molar-refractivity contribution in [3.8, 4) is 0 Å². The van der Waals surface area contributed by atoms with E-state index in [-0.39, 0.29) is 0 Å². The van der Waals surface area contributed by atoms with Crippen LogP contribution < -0.4 is 5.32 Å². The van der Waals surface area contributed by atoms with Crippen molar-refractivity contribution in [2.45, 2.75) is 78.1 Å². The third-order valence-electron chi connectivity index (χ3n) is 3.95. The zero-order valence-electron chi connectivity index (χ0n) is 12.9. The first kappa shape index (κ1) is 15.9. The van der Waals surface area contributed by atoms with Crippen LogP contribution in [0.15, 0.2) is 0 Å². The molecule has 0 radical (unpaired) electrons. The molecular formula is C15H32N2O. The van der Waals surface area contributed by atoms with Crippen LogP contribution in [0.5, 0.6) is 0 Å². The Morgan fingerprint density at radius 3 is 2.44 bits per heavy atom. The van der Waals surface area contributed by atoms with E-state index in [4.69, 9.17) is 4.74 Å². The van der Waals surface area contributed by atoms with E-state index in [9.17, 15) is 0 Å². The van der Waals surface area contributed by atoms with Gasteiger partial charge in [0.25, 0.3) is 0 Å². The van der Waals surface area contributed by atoms with Gasteiger partial charge in [0.1, 0.15) is 0 Å². The molecule has 1 N–H and O–H groups in total. The number of nitrogens with one attached hydrogen (secondary N) is 1. The molecule has 2 unspecified atom stereocenters. The summed E-state index contributed by atoms with van der Waals surface area (Å²) in [5, 5.41) is 3.70. The third kappa shape index (κ3) is 5.25. The Bertz CT molecular complexity index is 211. The molecule has 0 aromatic heterocycles. The van der Waals surface area contributed by atoms with Crippen molar-refractivity contribution in [2.24, 2.45) is 0 Å². The van der Waals surface area contributed by atoms with E-state index in [1.807, 2.05) is 0 Å². The van der Waals surface area contributed by atoms with Crippen LogP contribution >= 0.6 is 0 Å². The number of hydrogen-bond donors (Lipinski definition) is 1. The molecule has 1 fully saturated rings. The minimum absolute atomic E-state index is 0.475. The molecule has 0 aromatic rings. The molecule has 108 valence electrons. The summed E-state index contributed by atoms with van der Waals surface area (Å²) in [6.07, 6.45) is 3.96. The lowest BCUT2D eigenvalue weighted by atomic mass is 10.0. The zero-order chi connectivity index (χ0) is 13.5. The summed E-state index contributed by atoms with van der Waals surface area (Å²) in [6, 6.07) is 1.92. The fourth-order valence-corrected chi connectivity index (χ4v) is 2.86. The maximum Gasteiger partial charge on any atom is 0.0587 e. The van der Waals surface area contributed by atoms with Crippen molar-refractivity contribution in [2.75, 3.05) is 19.7 Å². The summed E-state index contributed by atoms with van der Waals surface area (Å²) in [6.45, 7) is 14.5. The molecule has 0 aromatic carbocycles. The van der Waals surface area contributed by atoms with Crippen molar-refractivity contribution in [1.29, 1.82) is 0 Å². The largest absolute Gasteiger partial charge is 0.378 e. The van der Waals surface area contributed by atoms with Crippen LogP contribution in [0.3, 0.4) is 0 Å². The first-order valence-electron chi connectivity index (χ1n) is 7.65. The standard InChI is InChI=1S/C15H32N2O/c1-6-15-11-14(7-10-18-15)16-8-9-17(12(2)3)13(4)5/h12-16H,6-11H2,1-5H3. The quantitative estimate of drug-likeness (QED) is 0.758. The summed E-state index contributed by atoms with van der Waals surface area (Å²) < 4.78 is 5.71. The lowest BCUT2D eigenvalue weighted by Gasteiger charge is -2.33. The monoisotopic (exact) mass is 256 g/mol. The molecule has 1 aliphatic rings. The second kappa shape index (κ2) is 8.13. The minimum Gasteiger partial charge on any atom is -0.378 e. The molecule has 18 heavy (non-hydrogen) atoms. The highest BCUT2D eigenvalue weighted by Gasteiger charge is 2.21. The molecule has 2 atom stereocenters. The van der Waals surface area contributed by atoms with Gasteiger partial charge in [-0.05, 0) is 47.0 Å². The maximum atomic E-state index is 5.71. The van der Waals surface area contributed by atoms with Crippen LogP contribution in [0.1, 0.15) is 53.9 Å². The molecule has 0 spiro atoms. The lowest BCUT2D eigenvalue weighted by molar-refractivity contribution is -0.000592. The fourth-order valence-electron chi connectivity index (χ4n) is 2.86. The van der Waals surface area contributed by atoms with Gasteiger partial charge in [-0.1, -0.05) is 6.92 Å². The van der Waals surface area contributed by atoms with E-state index in [0.29, 0.717) is 24.2 Å². The second-order valence-corrected chi connectivity index (χ2v) is 6.00. The maximum absolute atomic E-state index is 5.71. The molecular weight excluding hydrogens is 224 g/mol. The molecule has 1 rings (SSSR count). The van der Waals surface area contributed by atoms with Crippen LogP contribution in [0, 0.1) is 0 Å². The predicted molar refractivity (Wildman–Crippen MR) is 78.0 cm³/mol. The predicted octanol–water partition coefficient (Wildman–Crippen LogP) is 2.65. The molecule has 0 saturated carbocycles. The van der Waals surface area contributed by atoms with Crippen molar-refractivity contribution >= 4 is 0 Å². The Hall–Kier alpha value is -0.120. The van der Waals surface area contributed by atoms with Crippen LogP contribution in [-0.4, -0.2) is 48.8 Å². The van der Waals surface area contributed by atoms with Gasteiger partial charge in [0.2, 0.25) is 0 Å². The Labute approximate surface area is 113 Å². The van der Waals surface area contributed by atoms with Crippen molar-refractivity contribution in [3.63, 3.8) is 0 Å². The summed E-state index contributed by atoms with van der Waals surface area (Å²) in [4.78, 5) is 2.55. The normalized spacial score (nSPS) is 25.3. The van der Waals surface area contributed by atoms with Gasteiger partial charge in [0.05, 0.1) is 6.10 Å². The van der Waals surface area contributed by atoms with Crippen LogP contribution in [0.2, 0.25) is 0 Å². The van der Waals surface area contributed by atoms with Gasteiger partial charge in [-0.25, -0.2) is 0 Å². The first-order chi connectivity index (χ1) is 8.54. The highest BCUT2D eigenvalue weighted by atomic mass is 16.5. The molecule has 1 aliphatic heterocycles. The van der Waals surface area contributed by atoms with Crippen LogP contribution in [-0.2, 0) is 4.74 Å². The summed E-state index contributed by atoms with van der Waals surface area (Å²) in [7, 11) is 0. The summed E-state index contributed by atoms with van der Waals surface area (Å²) in [5.41, 5.74) is 0. The second-order valence-electron chi connectivity index (χ2n) is 6.00. The molecule has 3 nitrogen and oxygen atoms in total. The topological polar surface area (TPSA) is 24.5 Å². The molecule has 0 amide bonds. The third-order valence-corrected chi connectivity index (χ3v) is 3.95. The van der Waals surface area contributed by atoms with Gasteiger partial charge in [-0.2, -0.15) is 0 Å². The Kier molecular flexibility index (Phi) is 7.20. The minimum atomic E-state index is 0.475. The smallest absolute Gasteiger partial charge is 0.0587 e. The van der Waals surface area contributed by atoms with Gasteiger partial charge >= 0.3 is 0 Å². The average Bonchev–Trinajstić information content (AvgIpc) is 2.34. The van der Waals surface area contributed by atoms with E-state index in [1.165, 1.54) is 12.8 Å². The molecule has 0 bridgehead atoms. The highest BCUT2D eigenvalue weighted by Crippen LogP contribution is 2.16. The number of rotatable bonds is 7. The fraction of sp³-hybridized carbons (Fsp3) is 1.00. The highest BCUT2D eigenvalue weighted by molar-refractivity contribution is 4.77. The van der Waals surface area contributed by atoms with E-state index >= 15 is 0 Å². The van der Waals surface area contributed by atoms with E-state index in [0.717, 1.165) is 26.1 Å². The zero-order valence-corrected chi connectivity index (χ0v) is 12.9. The number of nitrogens with zero attached hydrogens (tertiary/aromatic N) is 1. The number of hydrogen-bond acceptors (Lipinski definition) is 3.